The third kappa shape index (κ3) is 8.39. The second-order valence-electron chi connectivity index (χ2n) is 12.3. The standard InChI is InChI=1S/C32H43N3O11/c1-16-8-10-24-17(2)9-11-25(26(24)12-16)18(3)32(40)42-14-23-13-35(34-33-23)31-30(45-22(7)39)29(44-21(6)38)28(43-20(5)37)27(46-31)15-41-19(4)36/h12-13,17,24-31H,3,8-11,14-15H2,1-2,4-7H3/t17-,24+,25+,26+,27-,28+,29+,30-,31-/m1/s1. The molecule has 2 aliphatic carbocycles. The monoisotopic (exact) mass is 645 g/mol. The van der Waals surface area contributed by atoms with Crippen LogP contribution in [0.25, 0.3) is 0 Å². The number of allylic oxidation sites excluding steroid dienone is 2. The highest BCUT2D eigenvalue weighted by atomic mass is 16.7. The van der Waals surface area contributed by atoms with Crippen LogP contribution < -0.4 is 0 Å². The number of hydrogen-bond donors (Lipinski definition) is 0. The van der Waals surface area contributed by atoms with E-state index in [1.54, 1.807) is 0 Å². The molecule has 0 radical (unpaired) electrons. The van der Waals surface area contributed by atoms with E-state index in [0.717, 1.165) is 46.5 Å². The number of carbonyl (C=O) groups excluding carboxylic acids is 5. The molecule has 1 aromatic rings. The third-order valence-corrected chi connectivity index (χ3v) is 8.82. The minimum Gasteiger partial charge on any atom is -0.463 e. The SMILES string of the molecule is C=C(C(=O)OCc1cn([C@@H]2O[C@H](COC(C)=O)[C@H](OC(C)=O)[C@H](OC(C)=O)[C@H]2OC(C)=O)nn1)[C@@H]1CC[C@@H](C)[C@@H]2CCC(C)=C[C@@H]21. The largest absolute Gasteiger partial charge is 0.463 e. The minimum absolute atomic E-state index is 0.00251. The topological polar surface area (TPSA) is 171 Å². The van der Waals surface area contributed by atoms with Gasteiger partial charge < -0.3 is 28.4 Å². The molecule has 0 bridgehead atoms. The molecule has 0 N–H and O–H groups in total. The van der Waals surface area contributed by atoms with Crippen molar-refractivity contribution >= 4 is 29.8 Å². The van der Waals surface area contributed by atoms with E-state index in [0.29, 0.717) is 17.4 Å². The predicted octanol–water partition coefficient (Wildman–Crippen LogP) is 3.15. The summed E-state index contributed by atoms with van der Waals surface area (Å²) in [6, 6.07) is 0. The average molecular weight is 646 g/mol. The zero-order chi connectivity index (χ0) is 33.7. The molecule has 3 aliphatic rings. The summed E-state index contributed by atoms with van der Waals surface area (Å²) in [6.45, 7) is 12.5. The van der Waals surface area contributed by atoms with Gasteiger partial charge in [0.05, 0.1) is 6.20 Å². The van der Waals surface area contributed by atoms with Crippen LogP contribution in [0.1, 0.15) is 79.1 Å². The van der Waals surface area contributed by atoms with Crippen LogP contribution in [0.15, 0.2) is 30.0 Å². The van der Waals surface area contributed by atoms with Crippen molar-refractivity contribution in [3.63, 3.8) is 0 Å². The molecule has 1 aromatic heterocycles. The van der Waals surface area contributed by atoms with Crippen molar-refractivity contribution in [1.29, 1.82) is 0 Å². The van der Waals surface area contributed by atoms with Crippen molar-refractivity contribution in [3.8, 4) is 0 Å². The fourth-order valence-electron chi connectivity index (χ4n) is 6.76. The number of carbonyl (C=O) groups is 5. The van der Waals surface area contributed by atoms with Crippen LogP contribution in [0.3, 0.4) is 0 Å². The van der Waals surface area contributed by atoms with Gasteiger partial charge in [-0.25, -0.2) is 9.48 Å². The van der Waals surface area contributed by atoms with E-state index in [4.69, 9.17) is 28.4 Å². The fraction of sp³-hybridized carbons (Fsp3) is 0.656. The molecule has 2 fully saturated rings. The minimum atomic E-state index is -1.36. The van der Waals surface area contributed by atoms with Crippen LogP contribution in [0, 0.1) is 23.7 Å². The quantitative estimate of drug-likeness (QED) is 0.157. The predicted molar refractivity (Wildman–Crippen MR) is 158 cm³/mol. The lowest BCUT2D eigenvalue weighted by Crippen LogP contribution is -2.60. The van der Waals surface area contributed by atoms with Gasteiger partial charge in [-0.1, -0.05) is 30.4 Å². The molecule has 2 heterocycles. The molecule has 0 amide bonds. The van der Waals surface area contributed by atoms with Gasteiger partial charge in [0.15, 0.2) is 24.5 Å². The summed E-state index contributed by atoms with van der Waals surface area (Å²) in [5.41, 5.74) is 2.01. The Morgan fingerprint density at radius 1 is 0.913 bits per heavy atom. The Hall–Kier alpha value is -4.07. The zero-order valence-corrected chi connectivity index (χ0v) is 27.1. The number of rotatable bonds is 10. The first-order chi connectivity index (χ1) is 21.7. The average Bonchev–Trinajstić information content (AvgIpc) is 3.45. The van der Waals surface area contributed by atoms with Crippen molar-refractivity contribution in [1.82, 2.24) is 15.0 Å². The fourth-order valence-corrected chi connectivity index (χ4v) is 6.76. The van der Waals surface area contributed by atoms with Crippen LogP contribution in [0.4, 0.5) is 0 Å². The van der Waals surface area contributed by atoms with E-state index >= 15 is 0 Å². The van der Waals surface area contributed by atoms with E-state index in [1.807, 2.05) is 0 Å². The third-order valence-electron chi connectivity index (χ3n) is 8.82. The lowest BCUT2D eigenvalue weighted by Gasteiger charge is -2.44. The highest BCUT2D eigenvalue weighted by Gasteiger charge is 2.53. The van der Waals surface area contributed by atoms with Crippen molar-refractivity contribution in [2.45, 2.75) is 104 Å². The Morgan fingerprint density at radius 3 is 2.22 bits per heavy atom. The molecule has 0 unspecified atom stereocenters. The van der Waals surface area contributed by atoms with E-state index in [1.165, 1.54) is 23.4 Å². The van der Waals surface area contributed by atoms with E-state index in [-0.39, 0.29) is 30.7 Å². The summed E-state index contributed by atoms with van der Waals surface area (Å²) < 4.78 is 34.4. The smallest absolute Gasteiger partial charge is 0.334 e. The zero-order valence-electron chi connectivity index (χ0n) is 27.1. The van der Waals surface area contributed by atoms with Crippen molar-refractivity contribution in [2.24, 2.45) is 23.7 Å². The van der Waals surface area contributed by atoms with Crippen LogP contribution in [-0.2, 0) is 59.0 Å². The van der Waals surface area contributed by atoms with Crippen molar-refractivity contribution in [3.05, 3.63) is 35.7 Å². The first-order valence-electron chi connectivity index (χ1n) is 15.5. The summed E-state index contributed by atoms with van der Waals surface area (Å²) in [6.07, 6.45) is 1.34. The molecular formula is C32H43N3O11. The van der Waals surface area contributed by atoms with E-state index in [2.05, 4.69) is 36.8 Å². The van der Waals surface area contributed by atoms with Crippen LogP contribution >= 0.6 is 0 Å². The molecule has 1 saturated carbocycles. The maximum Gasteiger partial charge on any atom is 0.334 e. The Morgan fingerprint density at radius 2 is 1.57 bits per heavy atom. The summed E-state index contributed by atoms with van der Waals surface area (Å²) in [7, 11) is 0. The van der Waals surface area contributed by atoms with Crippen LogP contribution in [0.2, 0.25) is 0 Å². The number of nitrogens with zero attached hydrogens (tertiary/aromatic N) is 3. The lowest BCUT2D eigenvalue weighted by atomic mass is 9.61. The van der Waals surface area contributed by atoms with Crippen molar-refractivity contribution < 1.29 is 52.4 Å². The summed E-state index contributed by atoms with van der Waals surface area (Å²) in [4.78, 5) is 61.0. The number of fused-ring (bicyclic) bond motifs is 1. The maximum absolute atomic E-state index is 13.2. The van der Waals surface area contributed by atoms with Gasteiger partial charge in [0.1, 0.15) is 25.0 Å². The molecule has 14 nitrogen and oxygen atoms in total. The second kappa shape index (κ2) is 15.0. The molecule has 1 saturated heterocycles. The molecule has 46 heavy (non-hydrogen) atoms. The number of ether oxygens (including phenoxy) is 6. The number of aromatic nitrogens is 3. The molecule has 252 valence electrons. The van der Waals surface area contributed by atoms with Gasteiger partial charge in [-0.2, -0.15) is 0 Å². The summed E-state index contributed by atoms with van der Waals surface area (Å²) >= 11 is 0. The van der Waals surface area contributed by atoms with Gasteiger partial charge >= 0.3 is 29.8 Å². The second-order valence-corrected chi connectivity index (χ2v) is 12.3. The van der Waals surface area contributed by atoms with Crippen LogP contribution in [0.5, 0.6) is 0 Å². The Labute approximate surface area is 267 Å². The Balaban J connectivity index is 1.52. The van der Waals surface area contributed by atoms with Gasteiger partial charge in [0.2, 0.25) is 0 Å². The molecule has 9 atom stereocenters. The highest BCUT2D eigenvalue weighted by Crippen LogP contribution is 2.47. The maximum atomic E-state index is 13.2. The molecule has 14 heteroatoms. The van der Waals surface area contributed by atoms with Gasteiger partial charge in [-0.15, -0.1) is 5.10 Å². The molecule has 4 rings (SSSR count). The summed E-state index contributed by atoms with van der Waals surface area (Å²) in [5, 5.41) is 8.17. The first kappa shape index (κ1) is 34.8. The van der Waals surface area contributed by atoms with Gasteiger partial charge in [0, 0.05) is 33.3 Å². The molecule has 0 spiro atoms. The summed E-state index contributed by atoms with van der Waals surface area (Å²) in [5.74, 6) is -2.05. The number of esters is 5. The highest BCUT2D eigenvalue weighted by molar-refractivity contribution is 5.88. The Bertz CT molecular complexity index is 1370. The van der Waals surface area contributed by atoms with Crippen molar-refractivity contribution in [2.75, 3.05) is 6.61 Å². The van der Waals surface area contributed by atoms with Gasteiger partial charge in [-0.3, -0.25) is 19.2 Å². The van der Waals surface area contributed by atoms with Crippen LogP contribution in [-0.4, -0.2) is 75.9 Å². The number of hydrogen-bond acceptors (Lipinski definition) is 13. The van der Waals surface area contributed by atoms with E-state index in [9.17, 15) is 24.0 Å². The van der Waals surface area contributed by atoms with Gasteiger partial charge in [0.25, 0.3) is 0 Å². The Kier molecular flexibility index (Phi) is 11.4. The normalized spacial score (nSPS) is 30.6. The first-order valence-corrected chi connectivity index (χ1v) is 15.5. The van der Waals surface area contributed by atoms with Gasteiger partial charge in [-0.05, 0) is 56.3 Å². The molecular weight excluding hydrogens is 602 g/mol. The lowest BCUT2D eigenvalue weighted by molar-refractivity contribution is -0.270. The van der Waals surface area contributed by atoms with E-state index < -0.39 is 60.5 Å². The molecule has 0 aromatic carbocycles. The molecule has 1 aliphatic heterocycles.